The van der Waals surface area contributed by atoms with E-state index in [1.165, 1.54) is 17.8 Å². The third-order valence-electron chi connectivity index (χ3n) is 3.31. The van der Waals surface area contributed by atoms with E-state index in [0.29, 0.717) is 0 Å². The highest BCUT2D eigenvalue weighted by atomic mass is 16.4. The van der Waals surface area contributed by atoms with Gasteiger partial charge in [-0.25, -0.2) is 4.79 Å². The van der Waals surface area contributed by atoms with Gasteiger partial charge in [0.2, 0.25) is 0 Å². The summed E-state index contributed by atoms with van der Waals surface area (Å²) in [5, 5.41) is 15.9. The van der Waals surface area contributed by atoms with E-state index in [4.69, 9.17) is 0 Å². The highest BCUT2D eigenvalue weighted by molar-refractivity contribution is 5.95. The first-order valence-electron chi connectivity index (χ1n) is 6.55. The number of hydrogen-bond acceptors (Lipinski definition) is 3. The van der Waals surface area contributed by atoms with E-state index >= 15 is 0 Å². The standard InChI is InChI=1S/C15H17N3O3/c1-9-5-4-6-11(7-9)10(2)18-13(15(20)21)8-12(17-18)14(19)16-3/h4-8,10H,1-3H3,(H,16,19)(H,20,21)/t10-/m0/s1. The molecule has 0 spiro atoms. The van der Waals surface area contributed by atoms with Crippen LogP contribution in [-0.2, 0) is 0 Å². The normalized spacial score (nSPS) is 12.0. The van der Waals surface area contributed by atoms with E-state index in [-0.39, 0.29) is 17.4 Å². The van der Waals surface area contributed by atoms with E-state index in [1.54, 1.807) is 0 Å². The summed E-state index contributed by atoms with van der Waals surface area (Å²) >= 11 is 0. The molecule has 6 nitrogen and oxygen atoms in total. The molecule has 1 heterocycles. The van der Waals surface area contributed by atoms with Gasteiger partial charge in [0.05, 0.1) is 6.04 Å². The van der Waals surface area contributed by atoms with Crippen molar-refractivity contribution in [2.24, 2.45) is 0 Å². The molecule has 2 N–H and O–H groups in total. The number of benzene rings is 1. The minimum atomic E-state index is -1.11. The summed E-state index contributed by atoms with van der Waals surface area (Å²) in [6.45, 7) is 3.81. The van der Waals surface area contributed by atoms with Gasteiger partial charge in [-0.2, -0.15) is 5.10 Å². The summed E-state index contributed by atoms with van der Waals surface area (Å²) in [5.74, 6) is -1.52. The van der Waals surface area contributed by atoms with Crippen molar-refractivity contribution in [1.82, 2.24) is 15.1 Å². The molecule has 0 aliphatic rings. The molecule has 1 atom stereocenters. The number of carboxylic acids is 1. The van der Waals surface area contributed by atoms with E-state index in [1.807, 2.05) is 38.1 Å². The molecule has 2 rings (SSSR count). The van der Waals surface area contributed by atoms with Gasteiger partial charge in [-0.05, 0) is 19.4 Å². The van der Waals surface area contributed by atoms with Gasteiger partial charge in [0.1, 0.15) is 5.69 Å². The zero-order valence-corrected chi connectivity index (χ0v) is 12.1. The van der Waals surface area contributed by atoms with Gasteiger partial charge in [0.25, 0.3) is 5.91 Å². The Bertz CT molecular complexity index is 691. The third kappa shape index (κ3) is 2.94. The average molecular weight is 287 g/mol. The van der Waals surface area contributed by atoms with Crippen LogP contribution < -0.4 is 5.32 Å². The van der Waals surface area contributed by atoms with Crippen LogP contribution in [0.15, 0.2) is 30.3 Å². The topological polar surface area (TPSA) is 84.2 Å². The predicted molar refractivity (Wildman–Crippen MR) is 77.6 cm³/mol. The maximum Gasteiger partial charge on any atom is 0.354 e. The Kier molecular flexibility index (Phi) is 4.07. The molecule has 0 saturated carbocycles. The van der Waals surface area contributed by atoms with Crippen molar-refractivity contribution in [3.05, 3.63) is 52.8 Å². The molecule has 1 aromatic carbocycles. The second kappa shape index (κ2) is 5.78. The van der Waals surface area contributed by atoms with Crippen LogP contribution >= 0.6 is 0 Å². The van der Waals surface area contributed by atoms with Crippen LogP contribution in [0.5, 0.6) is 0 Å². The number of aromatic nitrogens is 2. The minimum absolute atomic E-state index is 0.0115. The summed E-state index contributed by atoms with van der Waals surface area (Å²) in [6.07, 6.45) is 0. The minimum Gasteiger partial charge on any atom is -0.477 e. The fourth-order valence-corrected chi connectivity index (χ4v) is 2.16. The van der Waals surface area contributed by atoms with Crippen LogP contribution in [-0.4, -0.2) is 33.8 Å². The molecular formula is C15H17N3O3. The van der Waals surface area contributed by atoms with E-state index in [2.05, 4.69) is 10.4 Å². The summed E-state index contributed by atoms with van der Waals surface area (Å²) in [5.41, 5.74) is 2.09. The molecule has 0 saturated heterocycles. The predicted octanol–water partition coefficient (Wildman–Crippen LogP) is 1.86. The summed E-state index contributed by atoms with van der Waals surface area (Å²) < 4.78 is 1.36. The first kappa shape index (κ1) is 14.8. The molecule has 0 aliphatic carbocycles. The lowest BCUT2D eigenvalue weighted by molar-refractivity contribution is 0.0681. The van der Waals surface area contributed by atoms with Gasteiger partial charge in [-0.15, -0.1) is 0 Å². The van der Waals surface area contributed by atoms with Gasteiger partial charge < -0.3 is 10.4 Å². The first-order chi connectivity index (χ1) is 9.93. The van der Waals surface area contributed by atoms with Crippen molar-refractivity contribution in [2.45, 2.75) is 19.9 Å². The lowest BCUT2D eigenvalue weighted by atomic mass is 10.1. The van der Waals surface area contributed by atoms with Crippen molar-refractivity contribution in [1.29, 1.82) is 0 Å². The van der Waals surface area contributed by atoms with Gasteiger partial charge in [-0.1, -0.05) is 29.8 Å². The van der Waals surface area contributed by atoms with E-state index < -0.39 is 11.9 Å². The number of rotatable bonds is 4. The average Bonchev–Trinajstić information content (AvgIpc) is 2.91. The van der Waals surface area contributed by atoms with Crippen LogP contribution in [0, 0.1) is 6.92 Å². The lowest BCUT2D eigenvalue weighted by Gasteiger charge is -2.15. The number of carbonyl (C=O) groups excluding carboxylic acids is 1. The molecule has 0 bridgehead atoms. The van der Waals surface area contributed by atoms with Gasteiger partial charge in [-0.3, -0.25) is 9.48 Å². The highest BCUT2D eigenvalue weighted by Crippen LogP contribution is 2.21. The molecule has 0 fully saturated rings. The maximum atomic E-state index is 11.6. The molecule has 110 valence electrons. The van der Waals surface area contributed by atoms with Crippen molar-refractivity contribution in [2.75, 3.05) is 7.05 Å². The second-order valence-electron chi connectivity index (χ2n) is 4.83. The fourth-order valence-electron chi connectivity index (χ4n) is 2.16. The van der Waals surface area contributed by atoms with Crippen LogP contribution in [0.1, 0.15) is 45.1 Å². The van der Waals surface area contributed by atoms with E-state index in [0.717, 1.165) is 11.1 Å². The third-order valence-corrected chi connectivity index (χ3v) is 3.31. The Labute approximate surface area is 122 Å². The monoisotopic (exact) mass is 287 g/mol. The molecule has 6 heteroatoms. The zero-order chi connectivity index (χ0) is 15.6. The Morgan fingerprint density at radius 2 is 2.05 bits per heavy atom. The van der Waals surface area contributed by atoms with Gasteiger partial charge >= 0.3 is 5.97 Å². The second-order valence-corrected chi connectivity index (χ2v) is 4.83. The number of nitrogens with zero attached hydrogens (tertiary/aromatic N) is 2. The Hall–Kier alpha value is -2.63. The number of carbonyl (C=O) groups is 2. The zero-order valence-electron chi connectivity index (χ0n) is 12.1. The lowest BCUT2D eigenvalue weighted by Crippen LogP contribution is -2.19. The maximum absolute atomic E-state index is 11.6. The molecular weight excluding hydrogens is 270 g/mol. The summed E-state index contributed by atoms with van der Waals surface area (Å²) in [7, 11) is 1.48. The largest absolute Gasteiger partial charge is 0.477 e. The SMILES string of the molecule is CNC(=O)c1cc(C(=O)O)n([C@@H](C)c2cccc(C)c2)n1. The highest BCUT2D eigenvalue weighted by Gasteiger charge is 2.22. The number of hydrogen-bond donors (Lipinski definition) is 2. The van der Waals surface area contributed by atoms with Crippen molar-refractivity contribution in [3.8, 4) is 0 Å². The number of aromatic carboxylic acids is 1. The first-order valence-corrected chi connectivity index (χ1v) is 6.55. The molecule has 1 aromatic heterocycles. The van der Waals surface area contributed by atoms with Crippen molar-refractivity contribution < 1.29 is 14.7 Å². The van der Waals surface area contributed by atoms with E-state index in [9.17, 15) is 14.7 Å². The number of aryl methyl sites for hydroxylation is 1. The van der Waals surface area contributed by atoms with Gasteiger partial charge in [0.15, 0.2) is 5.69 Å². The smallest absolute Gasteiger partial charge is 0.354 e. The quantitative estimate of drug-likeness (QED) is 0.899. The van der Waals surface area contributed by atoms with Gasteiger partial charge in [0, 0.05) is 13.1 Å². The summed E-state index contributed by atoms with van der Waals surface area (Å²) in [4.78, 5) is 23.0. The molecule has 0 radical (unpaired) electrons. The van der Waals surface area contributed by atoms with Crippen LogP contribution in [0.25, 0.3) is 0 Å². The molecule has 2 aromatic rings. The number of amides is 1. The Morgan fingerprint density at radius 3 is 2.62 bits per heavy atom. The molecule has 1 amide bonds. The molecule has 21 heavy (non-hydrogen) atoms. The number of nitrogens with one attached hydrogen (secondary N) is 1. The fraction of sp³-hybridized carbons (Fsp3) is 0.267. The van der Waals surface area contributed by atoms with Crippen LogP contribution in [0.2, 0.25) is 0 Å². The summed E-state index contributed by atoms with van der Waals surface area (Å²) in [6, 6.07) is 8.75. The van der Waals surface area contributed by atoms with Crippen molar-refractivity contribution in [3.63, 3.8) is 0 Å². The van der Waals surface area contributed by atoms with Crippen molar-refractivity contribution >= 4 is 11.9 Å². The molecule has 0 unspecified atom stereocenters. The Balaban J connectivity index is 2.49. The Morgan fingerprint density at radius 1 is 1.33 bits per heavy atom. The molecule has 0 aliphatic heterocycles. The van der Waals surface area contributed by atoms with Crippen LogP contribution in [0.4, 0.5) is 0 Å². The van der Waals surface area contributed by atoms with Crippen LogP contribution in [0.3, 0.4) is 0 Å². The number of carboxylic acid groups (broad SMARTS) is 1.